The van der Waals surface area contributed by atoms with Crippen molar-refractivity contribution in [3.05, 3.63) is 53.2 Å². The number of nitrogens with zero attached hydrogens (tertiary/aromatic N) is 1. The quantitative estimate of drug-likeness (QED) is 0.776. The number of methoxy groups -OCH3 is 1. The molecule has 1 saturated heterocycles. The van der Waals surface area contributed by atoms with Crippen LogP contribution >= 0.6 is 0 Å². The van der Waals surface area contributed by atoms with Crippen LogP contribution in [0, 0.1) is 12.7 Å². The number of aliphatic hydroxyl groups is 1. The predicted octanol–water partition coefficient (Wildman–Crippen LogP) is 2.38. The molecule has 0 bridgehead atoms. The van der Waals surface area contributed by atoms with Gasteiger partial charge in [-0.3, -0.25) is 4.79 Å². The van der Waals surface area contributed by atoms with Crippen LogP contribution in [0.5, 0.6) is 5.75 Å². The number of aryl methyl sites for hydroxylation is 1. The molecule has 1 amide bonds. The number of halogens is 1. The number of ether oxygens (including phenoxy) is 1. The number of carbonyl (C=O) groups is 1. The molecule has 0 unspecified atom stereocenters. The zero-order valence-electron chi connectivity index (χ0n) is 15.6. The summed E-state index contributed by atoms with van der Waals surface area (Å²) in [6, 6.07) is 8.15. The summed E-state index contributed by atoms with van der Waals surface area (Å²) in [7, 11) is 1.51. The van der Waals surface area contributed by atoms with E-state index in [4.69, 9.17) is 9.15 Å². The number of furan rings is 1. The van der Waals surface area contributed by atoms with Crippen LogP contribution < -0.4 is 10.1 Å². The Morgan fingerprint density at radius 2 is 2.19 bits per heavy atom. The van der Waals surface area contributed by atoms with Gasteiger partial charge in [0.05, 0.1) is 13.7 Å². The van der Waals surface area contributed by atoms with Crippen molar-refractivity contribution in [3.63, 3.8) is 0 Å². The van der Waals surface area contributed by atoms with Crippen LogP contribution in [0.1, 0.15) is 29.9 Å². The van der Waals surface area contributed by atoms with Gasteiger partial charge in [0, 0.05) is 25.2 Å². The molecule has 1 aromatic carbocycles. The molecule has 0 spiro atoms. The number of benzene rings is 1. The molecule has 1 aliphatic rings. The molecule has 0 aliphatic carbocycles. The van der Waals surface area contributed by atoms with Gasteiger partial charge in [-0.25, -0.2) is 4.39 Å². The smallest absolute Gasteiger partial charge is 0.256 e. The molecule has 2 heterocycles. The van der Waals surface area contributed by atoms with Gasteiger partial charge in [-0.05, 0) is 50.1 Å². The lowest BCUT2D eigenvalue weighted by Crippen LogP contribution is -2.57. The fourth-order valence-electron chi connectivity index (χ4n) is 3.36. The van der Waals surface area contributed by atoms with Crippen LogP contribution in [0.3, 0.4) is 0 Å². The van der Waals surface area contributed by atoms with Crippen molar-refractivity contribution in [2.45, 2.75) is 38.5 Å². The Bertz CT molecular complexity index is 807. The van der Waals surface area contributed by atoms with E-state index in [0.29, 0.717) is 37.2 Å². The lowest BCUT2D eigenvalue weighted by molar-refractivity contribution is -0.157. The maximum absolute atomic E-state index is 14.1. The monoisotopic (exact) mass is 376 g/mol. The van der Waals surface area contributed by atoms with Crippen molar-refractivity contribution in [2.24, 2.45) is 0 Å². The largest absolute Gasteiger partial charge is 0.497 e. The molecule has 1 fully saturated rings. The van der Waals surface area contributed by atoms with E-state index in [0.717, 1.165) is 11.5 Å². The number of likely N-dealkylation sites (tertiary alicyclic amines) is 1. The van der Waals surface area contributed by atoms with Gasteiger partial charge in [0.1, 0.15) is 23.1 Å². The Morgan fingerprint density at radius 3 is 2.89 bits per heavy atom. The summed E-state index contributed by atoms with van der Waals surface area (Å²) < 4.78 is 24.7. The first-order valence-electron chi connectivity index (χ1n) is 9.01. The van der Waals surface area contributed by atoms with Gasteiger partial charge in [0.2, 0.25) is 0 Å². The highest BCUT2D eigenvalue weighted by Gasteiger charge is 2.42. The van der Waals surface area contributed by atoms with Crippen LogP contribution in [0.25, 0.3) is 0 Å². The normalized spacial score (nSPS) is 20.1. The van der Waals surface area contributed by atoms with Crippen LogP contribution in [-0.2, 0) is 17.9 Å². The van der Waals surface area contributed by atoms with Crippen molar-refractivity contribution in [2.75, 3.05) is 20.2 Å². The van der Waals surface area contributed by atoms with Gasteiger partial charge in [-0.2, -0.15) is 0 Å². The summed E-state index contributed by atoms with van der Waals surface area (Å²) in [5.41, 5.74) is -1.14. The van der Waals surface area contributed by atoms with Crippen molar-refractivity contribution >= 4 is 5.91 Å². The number of rotatable bonds is 7. The average Bonchev–Trinajstić information content (AvgIpc) is 3.06. The van der Waals surface area contributed by atoms with E-state index in [-0.39, 0.29) is 19.0 Å². The van der Waals surface area contributed by atoms with E-state index in [9.17, 15) is 14.3 Å². The molecule has 1 atom stereocenters. The molecule has 2 N–H and O–H groups in total. The summed E-state index contributed by atoms with van der Waals surface area (Å²) in [4.78, 5) is 14.3. The second-order valence-corrected chi connectivity index (χ2v) is 6.94. The summed E-state index contributed by atoms with van der Waals surface area (Å²) >= 11 is 0. The molecule has 6 nitrogen and oxygen atoms in total. The number of hydrogen-bond acceptors (Lipinski definition) is 5. The SMILES string of the molecule is COc1ccc(F)c(CN2CCC[C@](O)(CNCc3ccc(C)o3)C2=O)c1. The first-order valence-corrected chi connectivity index (χ1v) is 9.01. The topological polar surface area (TPSA) is 74.9 Å². The van der Waals surface area contributed by atoms with E-state index in [1.165, 1.54) is 24.1 Å². The third-order valence-electron chi connectivity index (χ3n) is 4.83. The molecule has 3 rings (SSSR count). The minimum Gasteiger partial charge on any atom is -0.497 e. The summed E-state index contributed by atoms with van der Waals surface area (Å²) in [6.45, 7) is 2.98. The van der Waals surface area contributed by atoms with Gasteiger partial charge in [-0.1, -0.05) is 0 Å². The predicted molar refractivity (Wildman–Crippen MR) is 97.7 cm³/mol. The summed E-state index contributed by atoms with van der Waals surface area (Å²) in [5.74, 6) is 1.30. The number of nitrogens with one attached hydrogen (secondary N) is 1. The zero-order valence-corrected chi connectivity index (χ0v) is 15.6. The Balaban J connectivity index is 1.63. The molecule has 0 saturated carbocycles. The Morgan fingerprint density at radius 1 is 1.37 bits per heavy atom. The molecule has 7 heteroatoms. The summed E-state index contributed by atoms with van der Waals surface area (Å²) in [5, 5.41) is 13.9. The molecule has 27 heavy (non-hydrogen) atoms. The van der Waals surface area contributed by atoms with Crippen molar-refractivity contribution < 1.29 is 23.4 Å². The minimum atomic E-state index is -1.50. The van der Waals surface area contributed by atoms with Crippen LogP contribution in [-0.4, -0.2) is 41.7 Å². The number of piperidine rings is 1. The first kappa shape index (κ1) is 19.4. The molecule has 2 aromatic rings. The Kier molecular flexibility index (Phi) is 5.82. The first-order chi connectivity index (χ1) is 12.9. The molecule has 0 radical (unpaired) electrons. The molecular formula is C20H25FN2O4. The van der Waals surface area contributed by atoms with Crippen LogP contribution in [0.2, 0.25) is 0 Å². The number of hydrogen-bond donors (Lipinski definition) is 2. The third kappa shape index (κ3) is 4.48. The van der Waals surface area contributed by atoms with Crippen molar-refractivity contribution in [1.29, 1.82) is 0 Å². The standard InChI is InChI=1S/C20H25FN2O4/c1-14-4-5-17(27-14)11-22-13-20(25)8-3-9-23(19(20)24)12-15-10-16(26-2)6-7-18(15)21/h4-7,10,22,25H,3,8-9,11-13H2,1-2H3/t20-/m0/s1. The molecule has 1 aliphatic heterocycles. The van der Waals surface area contributed by atoms with Crippen LogP contribution in [0.4, 0.5) is 4.39 Å². The van der Waals surface area contributed by atoms with Gasteiger partial charge in [0.25, 0.3) is 5.91 Å². The number of carbonyl (C=O) groups excluding carboxylic acids is 1. The minimum absolute atomic E-state index is 0.0988. The van der Waals surface area contributed by atoms with Crippen LogP contribution in [0.15, 0.2) is 34.7 Å². The van der Waals surface area contributed by atoms with Gasteiger partial charge in [0.15, 0.2) is 5.60 Å². The number of amides is 1. The highest BCUT2D eigenvalue weighted by atomic mass is 19.1. The Labute approximate surface area is 157 Å². The van der Waals surface area contributed by atoms with E-state index in [1.54, 1.807) is 6.07 Å². The van der Waals surface area contributed by atoms with E-state index < -0.39 is 11.4 Å². The van der Waals surface area contributed by atoms with E-state index >= 15 is 0 Å². The fourth-order valence-corrected chi connectivity index (χ4v) is 3.36. The highest BCUT2D eigenvalue weighted by molar-refractivity contribution is 5.86. The van der Waals surface area contributed by atoms with E-state index in [2.05, 4.69) is 5.32 Å². The van der Waals surface area contributed by atoms with Gasteiger partial charge in [-0.15, -0.1) is 0 Å². The van der Waals surface area contributed by atoms with E-state index in [1.807, 2.05) is 19.1 Å². The van der Waals surface area contributed by atoms with Crippen molar-refractivity contribution in [1.82, 2.24) is 10.2 Å². The fraction of sp³-hybridized carbons (Fsp3) is 0.450. The molecular weight excluding hydrogens is 351 g/mol. The molecule has 1 aromatic heterocycles. The lowest BCUT2D eigenvalue weighted by Gasteiger charge is -2.38. The average molecular weight is 376 g/mol. The maximum atomic E-state index is 14.1. The molecule has 146 valence electrons. The third-order valence-corrected chi connectivity index (χ3v) is 4.83. The lowest BCUT2D eigenvalue weighted by atomic mass is 9.91. The zero-order chi connectivity index (χ0) is 19.4. The second-order valence-electron chi connectivity index (χ2n) is 6.94. The summed E-state index contributed by atoms with van der Waals surface area (Å²) in [6.07, 6.45) is 1.02. The second kappa shape index (κ2) is 8.10. The maximum Gasteiger partial charge on any atom is 0.256 e. The Hall–Kier alpha value is -2.38. The van der Waals surface area contributed by atoms with Crippen molar-refractivity contribution in [3.8, 4) is 5.75 Å². The highest BCUT2D eigenvalue weighted by Crippen LogP contribution is 2.26. The van der Waals surface area contributed by atoms with Gasteiger partial charge >= 0.3 is 0 Å². The van der Waals surface area contributed by atoms with Gasteiger partial charge < -0.3 is 24.5 Å².